The standard InChI is InChI=1S/C26H23FN4O4/c27-21-12-20-17(14-31(26(20)35)22-5-6-23(32)29-24(22)33)11-19(21)15-7-9-30(10-8-15)25(34)18-4-2-1-3-16(18)13-28/h1-4,11-12,15,22H,5-10,14H2,(H,29,32,33). The normalized spacial score (nSPS) is 20.5. The third-order valence-corrected chi connectivity index (χ3v) is 7.14. The highest BCUT2D eigenvalue weighted by molar-refractivity contribution is 6.05. The predicted octanol–water partition coefficient (Wildman–Crippen LogP) is 2.48. The molecule has 3 heterocycles. The molecule has 2 fully saturated rings. The lowest BCUT2D eigenvalue weighted by atomic mass is 9.87. The Bertz CT molecular complexity index is 1290. The molecular weight excluding hydrogens is 451 g/mol. The SMILES string of the molecule is N#Cc1ccccc1C(=O)N1CCC(c2cc3c(cc2F)C(=O)N(C2CCC(=O)NC2=O)C3)CC1. The van der Waals surface area contributed by atoms with E-state index >= 15 is 4.39 Å². The topological polar surface area (TPSA) is 111 Å². The smallest absolute Gasteiger partial charge is 0.255 e. The fourth-order valence-electron chi connectivity index (χ4n) is 5.25. The Kier molecular flexibility index (Phi) is 5.81. The van der Waals surface area contributed by atoms with Gasteiger partial charge in [0.2, 0.25) is 11.8 Å². The molecule has 2 aromatic rings. The van der Waals surface area contributed by atoms with Gasteiger partial charge in [0.1, 0.15) is 11.9 Å². The van der Waals surface area contributed by atoms with Gasteiger partial charge in [0.05, 0.1) is 17.2 Å². The Morgan fingerprint density at radius 3 is 2.54 bits per heavy atom. The lowest BCUT2D eigenvalue weighted by molar-refractivity contribution is -0.136. The van der Waals surface area contributed by atoms with Crippen LogP contribution in [0.3, 0.4) is 0 Å². The van der Waals surface area contributed by atoms with E-state index in [1.807, 2.05) is 6.07 Å². The fraction of sp³-hybridized carbons (Fsp3) is 0.346. The Morgan fingerprint density at radius 2 is 1.83 bits per heavy atom. The van der Waals surface area contributed by atoms with Crippen LogP contribution in [0.1, 0.15) is 69.0 Å². The summed E-state index contributed by atoms with van der Waals surface area (Å²) < 4.78 is 15.1. The van der Waals surface area contributed by atoms with E-state index < -0.39 is 23.7 Å². The molecule has 178 valence electrons. The fourth-order valence-corrected chi connectivity index (χ4v) is 5.25. The molecule has 9 heteroatoms. The van der Waals surface area contributed by atoms with Gasteiger partial charge in [-0.15, -0.1) is 0 Å². The molecule has 1 unspecified atom stereocenters. The molecule has 8 nitrogen and oxygen atoms in total. The maximum atomic E-state index is 15.1. The summed E-state index contributed by atoms with van der Waals surface area (Å²) in [4.78, 5) is 52.6. The van der Waals surface area contributed by atoms with Crippen LogP contribution in [-0.2, 0) is 16.1 Å². The van der Waals surface area contributed by atoms with Crippen LogP contribution in [-0.4, -0.2) is 52.6 Å². The Hall–Kier alpha value is -4.06. The molecule has 1 atom stereocenters. The van der Waals surface area contributed by atoms with Crippen molar-refractivity contribution >= 4 is 23.6 Å². The van der Waals surface area contributed by atoms with Gasteiger partial charge in [-0.1, -0.05) is 18.2 Å². The number of carbonyl (C=O) groups excluding carboxylic acids is 4. The van der Waals surface area contributed by atoms with Crippen LogP contribution in [0.15, 0.2) is 36.4 Å². The number of carbonyl (C=O) groups is 4. The molecule has 1 N–H and O–H groups in total. The number of nitrogens with zero attached hydrogens (tertiary/aromatic N) is 3. The molecule has 0 aliphatic carbocycles. The van der Waals surface area contributed by atoms with Crippen molar-refractivity contribution in [3.63, 3.8) is 0 Å². The number of piperidine rings is 2. The van der Waals surface area contributed by atoms with Gasteiger partial charge in [0.25, 0.3) is 11.8 Å². The number of likely N-dealkylation sites (tertiary alicyclic amines) is 1. The van der Waals surface area contributed by atoms with Crippen LogP contribution in [0.5, 0.6) is 0 Å². The number of benzene rings is 2. The van der Waals surface area contributed by atoms with Crippen molar-refractivity contribution < 1.29 is 23.6 Å². The Balaban J connectivity index is 1.30. The van der Waals surface area contributed by atoms with Gasteiger partial charge in [-0.3, -0.25) is 24.5 Å². The first-order valence-corrected chi connectivity index (χ1v) is 11.6. The zero-order valence-electron chi connectivity index (χ0n) is 18.9. The first-order chi connectivity index (χ1) is 16.9. The number of imide groups is 1. The summed E-state index contributed by atoms with van der Waals surface area (Å²) in [5.74, 6) is -2.06. The number of halogens is 1. The molecule has 2 saturated heterocycles. The van der Waals surface area contributed by atoms with Crippen LogP contribution < -0.4 is 5.32 Å². The molecule has 3 aliphatic rings. The van der Waals surface area contributed by atoms with Crippen molar-refractivity contribution in [2.45, 2.75) is 44.2 Å². The predicted molar refractivity (Wildman–Crippen MR) is 121 cm³/mol. The summed E-state index contributed by atoms with van der Waals surface area (Å²) in [6.07, 6.45) is 1.52. The Morgan fingerprint density at radius 1 is 1.09 bits per heavy atom. The zero-order chi connectivity index (χ0) is 24.7. The number of fused-ring (bicyclic) bond motifs is 1. The van der Waals surface area contributed by atoms with E-state index in [-0.39, 0.29) is 42.7 Å². The van der Waals surface area contributed by atoms with E-state index in [1.54, 1.807) is 35.2 Å². The highest BCUT2D eigenvalue weighted by Crippen LogP contribution is 2.35. The summed E-state index contributed by atoms with van der Waals surface area (Å²) in [6, 6.07) is 10.9. The third-order valence-electron chi connectivity index (χ3n) is 7.14. The zero-order valence-corrected chi connectivity index (χ0v) is 18.9. The van der Waals surface area contributed by atoms with Crippen molar-refractivity contribution in [3.05, 3.63) is 70.0 Å². The monoisotopic (exact) mass is 474 g/mol. The molecular formula is C26H23FN4O4. The summed E-state index contributed by atoms with van der Waals surface area (Å²) in [5.41, 5.74) is 2.11. The van der Waals surface area contributed by atoms with Crippen LogP contribution >= 0.6 is 0 Å². The average Bonchev–Trinajstić information content (AvgIpc) is 3.18. The van der Waals surface area contributed by atoms with E-state index in [1.165, 1.54) is 11.0 Å². The highest BCUT2D eigenvalue weighted by Gasteiger charge is 2.40. The largest absolute Gasteiger partial charge is 0.339 e. The van der Waals surface area contributed by atoms with Crippen molar-refractivity contribution in [2.75, 3.05) is 13.1 Å². The summed E-state index contributed by atoms with van der Waals surface area (Å²) in [7, 11) is 0. The average molecular weight is 474 g/mol. The molecule has 0 saturated carbocycles. The minimum absolute atomic E-state index is 0.115. The third kappa shape index (κ3) is 4.05. The number of nitrogens with one attached hydrogen (secondary N) is 1. The van der Waals surface area contributed by atoms with Crippen molar-refractivity contribution in [1.82, 2.24) is 15.1 Å². The van der Waals surface area contributed by atoms with Gasteiger partial charge in [-0.05, 0) is 54.5 Å². The molecule has 4 amide bonds. The number of amides is 4. The van der Waals surface area contributed by atoms with Crippen LogP contribution in [0.4, 0.5) is 4.39 Å². The second kappa shape index (κ2) is 8.95. The van der Waals surface area contributed by atoms with Gasteiger partial charge >= 0.3 is 0 Å². The second-order valence-corrected chi connectivity index (χ2v) is 9.15. The second-order valence-electron chi connectivity index (χ2n) is 9.15. The van der Waals surface area contributed by atoms with Crippen molar-refractivity contribution in [1.29, 1.82) is 5.26 Å². The van der Waals surface area contributed by atoms with Crippen molar-refractivity contribution in [3.8, 4) is 6.07 Å². The van der Waals surface area contributed by atoms with Crippen LogP contribution in [0.2, 0.25) is 0 Å². The minimum Gasteiger partial charge on any atom is -0.339 e. The number of nitriles is 1. The van der Waals surface area contributed by atoms with Gasteiger partial charge in [-0.25, -0.2) is 4.39 Å². The van der Waals surface area contributed by atoms with E-state index in [4.69, 9.17) is 0 Å². The minimum atomic E-state index is -0.746. The molecule has 0 aromatic heterocycles. The number of rotatable bonds is 3. The van der Waals surface area contributed by atoms with Crippen LogP contribution in [0, 0.1) is 17.1 Å². The summed E-state index contributed by atoms with van der Waals surface area (Å²) in [5, 5.41) is 11.5. The van der Waals surface area contributed by atoms with Gasteiger partial charge in [-0.2, -0.15) is 5.26 Å². The Labute approximate surface area is 201 Å². The molecule has 3 aliphatic heterocycles. The van der Waals surface area contributed by atoms with Crippen LogP contribution in [0.25, 0.3) is 0 Å². The molecule has 2 aromatic carbocycles. The lowest BCUT2D eigenvalue weighted by Crippen LogP contribution is -2.52. The van der Waals surface area contributed by atoms with E-state index in [9.17, 15) is 24.4 Å². The lowest BCUT2D eigenvalue weighted by Gasteiger charge is -2.32. The molecule has 35 heavy (non-hydrogen) atoms. The number of hydrogen-bond acceptors (Lipinski definition) is 5. The molecule has 5 rings (SSSR count). The highest BCUT2D eigenvalue weighted by atomic mass is 19.1. The molecule has 0 spiro atoms. The maximum absolute atomic E-state index is 15.1. The quantitative estimate of drug-likeness (QED) is 0.688. The van der Waals surface area contributed by atoms with E-state index in [2.05, 4.69) is 5.32 Å². The van der Waals surface area contributed by atoms with Crippen molar-refractivity contribution in [2.24, 2.45) is 0 Å². The first-order valence-electron chi connectivity index (χ1n) is 11.6. The first kappa shape index (κ1) is 22.7. The van der Waals surface area contributed by atoms with Gasteiger partial charge in [0.15, 0.2) is 0 Å². The summed E-state index contributed by atoms with van der Waals surface area (Å²) >= 11 is 0. The van der Waals surface area contributed by atoms with E-state index in [0.29, 0.717) is 48.2 Å². The number of hydrogen-bond donors (Lipinski definition) is 1. The molecule has 0 radical (unpaired) electrons. The summed E-state index contributed by atoms with van der Waals surface area (Å²) in [6.45, 7) is 1.05. The maximum Gasteiger partial charge on any atom is 0.255 e. The van der Waals surface area contributed by atoms with Gasteiger partial charge < -0.3 is 9.80 Å². The van der Waals surface area contributed by atoms with E-state index in [0.717, 1.165) is 0 Å². The van der Waals surface area contributed by atoms with Gasteiger partial charge in [0, 0.05) is 31.6 Å². The molecule has 0 bridgehead atoms.